The largest absolute Gasteiger partial charge is 0.315 e. The summed E-state index contributed by atoms with van der Waals surface area (Å²) in [6.07, 6.45) is 4.80. The van der Waals surface area contributed by atoms with Crippen LogP contribution in [-0.4, -0.2) is 40.1 Å². The molecule has 0 aromatic carbocycles. The van der Waals surface area contributed by atoms with Crippen molar-refractivity contribution in [2.24, 2.45) is 0 Å². The third kappa shape index (κ3) is 2.33. The monoisotopic (exact) mass is 204 g/mol. The lowest BCUT2D eigenvalue weighted by Gasteiger charge is -2.09. The van der Waals surface area contributed by atoms with Crippen molar-refractivity contribution in [2.75, 3.05) is 20.6 Å². The van der Waals surface area contributed by atoms with E-state index in [1.807, 2.05) is 24.7 Å². The lowest BCUT2D eigenvalue weighted by Crippen LogP contribution is -2.14. The van der Waals surface area contributed by atoms with Crippen molar-refractivity contribution in [3.8, 4) is 0 Å². The number of fused-ring (bicyclic) bond motifs is 1. The Kier molecular flexibility index (Phi) is 2.97. The molecule has 0 aliphatic heterocycles. The zero-order chi connectivity index (χ0) is 10.7. The number of imidazole rings is 1. The third-order valence-electron chi connectivity index (χ3n) is 2.38. The molecule has 0 saturated carbocycles. The summed E-state index contributed by atoms with van der Waals surface area (Å²) in [6, 6.07) is 3.91. The van der Waals surface area contributed by atoms with Crippen molar-refractivity contribution < 1.29 is 0 Å². The number of nitrogens with zero attached hydrogens (tertiary/aromatic N) is 4. The van der Waals surface area contributed by atoms with Gasteiger partial charge in [0.25, 0.3) is 0 Å². The van der Waals surface area contributed by atoms with Crippen molar-refractivity contribution in [2.45, 2.75) is 13.0 Å². The molecule has 2 aromatic rings. The van der Waals surface area contributed by atoms with E-state index in [1.54, 1.807) is 0 Å². The van der Waals surface area contributed by atoms with Crippen molar-refractivity contribution in [1.82, 2.24) is 19.4 Å². The highest BCUT2D eigenvalue weighted by atomic mass is 15.1. The van der Waals surface area contributed by atoms with Gasteiger partial charge >= 0.3 is 0 Å². The molecule has 0 amide bonds. The molecule has 15 heavy (non-hydrogen) atoms. The van der Waals surface area contributed by atoms with E-state index in [4.69, 9.17) is 0 Å². The Balaban J connectivity index is 2.08. The van der Waals surface area contributed by atoms with Crippen LogP contribution in [0.3, 0.4) is 0 Å². The van der Waals surface area contributed by atoms with Gasteiger partial charge < -0.3 is 9.47 Å². The first-order valence-electron chi connectivity index (χ1n) is 5.18. The predicted octanol–water partition coefficient (Wildman–Crippen LogP) is 1.38. The zero-order valence-corrected chi connectivity index (χ0v) is 9.22. The highest BCUT2D eigenvalue weighted by Crippen LogP contribution is 2.08. The van der Waals surface area contributed by atoms with Gasteiger partial charge in [0.05, 0.1) is 6.33 Å². The van der Waals surface area contributed by atoms with Crippen LogP contribution in [0.15, 0.2) is 24.7 Å². The van der Waals surface area contributed by atoms with Gasteiger partial charge in [-0.25, -0.2) is 9.97 Å². The Morgan fingerprint density at radius 3 is 3.00 bits per heavy atom. The molecule has 0 fully saturated rings. The standard InChI is InChI=1S/C11H16N4/c1-14(2)7-4-8-15-9-13-10-5-3-6-12-11(10)15/h3,5-6,9H,4,7-8H2,1-2H3. The van der Waals surface area contributed by atoms with Crippen molar-refractivity contribution in [3.63, 3.8) is 0 Å². The lowest BCUT2D eigenvalue weighted by molar-refractivity contribution is 0.387. The van der Waals surface area contributed by atoms with Crippen LogP contribution >= 0.6 is 0 Å². The Bertz CT molecular complexity index is 433. The quantitative estimate of drug-likeness (QED) is 0.754. The molecule has 0 saturated heterocycles. The van der Waals surface area contributed by atoms with Crippen LogP contribution in [0.25, 0.3) is 11.2 Å². The molecule has 80 valence electrons. The van der Waals surface area contributed by atoms with Gasteiger partial charge in [0.2, 0.25) is 0 Å². The third-order valence-corrected chi connectivity index (χ3v) is 2.38. The fourth-order valence-corrected chi connectivity index (χ4v) is 1.62. The van der Waals surface area contributed by atoms with Gasteiger partial charge in [0.15, 0.2) is 5.65 Å². The van der Waals surface area contributed by atoms with Crippen LogP contribution in [0.4, 0.5) is 0 Å². The van der Waals surface area contributed by atoms with E-state index < -0.39 is 0 Å². The van der Waals surface area contributed by atoms with Gasteiger partial charge in [-0.2, -0.15) is 0 Å². The molecule has 0 bridgehead atoms. The second-order valence-electron chi connectivity index (χ2n) is 3.94. The average Bonchev–Trinajstić information content (AvgIpc) is 2.62. The Labute approximate surface area is 89.6 Å². The van der Waals surface area contributed by atoms with Crippen LogP contribution < -0.4 is 0 Å². The molecule has 0 aliphatic rings. The number of hydrogen-bond acceptors (Lipinski definition) is 3. The summed E-state index contributed by atoms with van der Waals surface area (Å²) >= 11 is 0. The number of hydrogen-bond donors (Lipinski definition) is 0. The summed E-state index contributed by atoms with van der Waals surface area (Å²) in [6.45, 7) is 2.07. The number of pyridine rings is 1. The predicted molar refractivity (Wildman–Crippen MR) is 60.7 cm³/mol. The SMILES string of the molecule is CN(C)CCCn1cnc2cccnc21. The van der Waals surface area contributed by atoms with E-state index in [0.717, 1.165) is 30.7 Å². The molecule has 0 spiro atoms. The van der Waals surface area contributed by atoms with Crippen molar-refractivity contribution in [1.29, 1.82) is 0 Å². The summed E-state index contributed by atoms with van der Waals surface area (Å²) < 4.78 is 2.11. The number of aromatic nitrogens is 3. The normalized spacial score (nSPS) is 11.4. The fourth-order valence-electron chi connectivity index (χ4n) is 1.62. The van der Waals surface area contributed by atoms with E-state index in [1.165, 1.54) is 0 Å². The van der Waals surface area contributed by atoms with E-state index in [2.05, 4.69) is 33.5 Å². The Morgan fingerprint density at radius 1 is 1.33 bits per heavy atom. The molecule has 0 unspecified atom stereocenters. The molecule has 0 atom stereocenters. The van der Waals surface area contributed by atoms with Crippen LogP contribution in [0.1, 0.15) is 6.42 Å². The van der Waals surface area contributed by atoms with E-state index in [9.17, 15) is 0 Å². The molecule has 0 aliphatic carbocycles. The summed E-state index contributed by atoms with van der Waals surface area (Å²) in [5, 5.41) is 0. The number of rotatable bonds is 4. The average molecular weight is 204 g/mol. The fraction of sp³-hybridized carbons (Fsp3) is 0.455. The van der Waals surface area contributed by atoms with E-state index in [-0.39, 0.29) is 0 Å². The summed E-state index contributed by atoms with van der Waals surface area (Å²) in [7, 11) is 4.18. The van der Waals surface area contributed by atoms with E-state index >= 15 is 0 Å². The molecule has 2 aromatic heterocycles. The maximum atomic E-state index is 4.33. The first-order valence-corrected chi connectivity index (χ1v) is 5.18. The van der Waals surface area contributed by atoms with Crippen LogP contribution in [0.5, 0.6) is 0 Å². The van der Waals surface area contributed by atoms with Gasteiger partial charge in [-0.05, 0) is 39.2 Å². The minimum atomic E-state index is 0.974. The zero-order valence-electron chi connectivity index (χ0n) is 9.22. The molecule has 2 rings (SSSR count). The van der Waals surface area contributed by atoms with Gasteiger partial charge in [-0.15, -0.1) is 0 Å². The van der Waals surface area contributed by atoms with Gasteiger partial charge in [-0.1, -0.05) is 0 Å². The molecule has 4 heteroatoms. The maximum Gasteiger partial charge on any atom is 0.159 e. The van der Waals surface area contributed by atoms with E-state index in [0.29, 0.717) is 0 Å². The molecule has 2 heterocycles. The second-order valence-corrected chi connectivity index (χ2v) is 3.94. The molecular weight excluding hydrogens is 188 g/mol. The first-order chi connectivity index (χ1) is 7.27. The Hall–Kier alpha value is -1.42. The van der Waals surface area contributed by atoms with Crippen molar-refractivity contribution >= 4 is 11.2 Å². The maximum absolute atomic E-state index is 4.33. The minimum Gasteiger partial charge on any atom is -0.315 e. The number of aryl methyl sites for hydroxylation is 1. The molecule has 0 radical (unpaired) electrons. The highest BCUT2D eigenvalue weighted by Gasteiger charge is 2.01. The Morgan fingerprint density at radius 2 is 2.20 bits per heavy atom. The molecule has 0 N–H and O–H groups in total. The smallest absolute Gasteiger partial charge is 0.159 e. The van der Waals surface area contributed by atoms with Crippen LogP contribution in [0.2, 0.25) is 0 Å². The lowest BCUT2D eigenvalue weighted by atomic mass is 10.4. The molecular formula is C11H16N4. The van der Waals surface area contributed by atoms with Crippen molar-refractivity contribution in [3.05, 3.63) is 24.7 Å². The van der Waals surface area contributed by atoms with Crippen LogP contribution in [-0.2, 0) is 6.54 Å². The van der Waals surface area contributed by atoms with Gasteiger partial charge in [-0.3, -0.25) is 0 Å². The minimum absolute atomic E-state index is 0.974. The second kappa shape index (κ2) is 4.40. The summed E-state index contributed by atoms with van der Waals surface area (Å²) in [4.78, 5) is 10.8. The summed E-state index contributed by atoms with van der Waals surface area (Å²) in [5.74, 6) is 0. The van der Waals surface area contributed by atoms with Crippen LogP contribution in [0, 0.1) is 0 Å². The highest BCUT2D eigenvalue weighted by molar-refractivity contribution is 5.69. The van der Waals surface area contributed by atoms with Gasteiger partial charge in [0, 0.05) is 12.7 Å². The van der Waals surface area contributed by atoms with Gasteiger partial charge in [0.1, 0.15) is 5.52 Å². The first kappa shape index (κ1) is 10.1. The molecule has 4 nitrogen and oxygen atoms in total. The summed E-state index contributed by atoms with van der Waals surface area (Å²) in [5.41, 5.74) is 1.96. The topological polar surface area (TPSA) is 34.0 Å².